The molecule has 1 aromatic rings. The van der Waals surface area contributed by atoms with E-state index in [-0.39, 0.29) is 11.8 Å². The van der Waals surface area contributed by atoms with Gasteiger partial charge < -0.3 is 10.2 Å². The number of unbranched alkanes of at least 4 members (excludes halogenated alkanes) is 2. The lowest BCUT2D eigenvalue weighted by atomic mass is 10.1. The summed E-state index contributed by atoms with van der Waals surface area (Å²) in [4.78, 5) is 25.3. The van der Waals surface area contributed by atoms with Crippen LogP contribution in [-0.4, -0.2) is 36.3 Å². The quantitative estimate of drug-likeness (QED) is 0.748. The normalized spacial score (nSPS) is 10.2. The minimum Gasteiger partial charge on any atom is -0.350 e. The maximum atomic E-state index is 12.0. The van der Waals surface area contributed by atoms with Gasteiger partial charge in [-0.15, -0.1) is 0 Å². The van der Waals surface area contributed by atoms with Crippen molar-refractivity contribution in [2.45, 2.75) is 40.0 Å². The Morgan fingerprint density at radius 2 is 1.95 bits per heavy atom. The highest BCUT2D eigenvalue weighted by molar-refractivity contribution is 5.94. The van der Waals surface area contributed by atoms with Gasteiger partial charge in [0.25, 0.3) is 5.91 Å². The van der Waals surface area contributed by atoms with E-state index in [2.05, 4.69) is 12.2 Å². The fourth-order valence-corrected chi connectivity index (χ4v) is 2.17. The van der Waals surface area contributed by atoms with E-state index in [4.69, 9.17) is 0 Å². The second-order valence-electron chi connectivity index (χ2n) is 5.34. The maximum Gasteiger partial charge on any atom is 0.251 e. The summed E-state index contributed by atoms with van der Waals surface area (Å²) in [6.45, 7) is 7.50. The molecule has 2 amide bonds. The molecule has 0 saturated heterocycles. The maximum absolute atomic E-state index is 12.0. The van der Waals surface area contributed by atoms with Crippen molar-refractivity contribution in [2.75, 3.05) is 19.6 Å². The van der Waals surface area contributed by atoms with Crippen LogP contribution in [0.5, 0.6) is 0 Å². The summed E-state index contributed by atoms with van der Waals surface area (Å²) in [6.07, 6.45) is 3.27. The molecule has 1 rings (SSSR count). The molecule has 0 aliphatic heterocycles. The summed E-state index contributed by atoms with van der Waals surface area (Å²) >= 11 is 0. The van der Waals surface area contributed by atoms with Crippen LogP contribution in [0.3, 0.4) is 0 Å². The molecule has 0 atom stereocenters. The number of carbonyl (C=O) groups is 2. The highest BCUT2D eigenvalue weighted by Crippen LogP contribution is 2.03. The summed E-state index contributed by atoms with van der Waals surface area (Å²) in [5.41, 5.74) is 1.72. The molecule has 0 bridgehead atoms. The molecule has 0 radical (unpaired) electrons. The minimum atomic E-state index is -0.0873. The molecule has 0 fully saturated rings. The topological polar surface area (TPSA) is 49.4 Å². The Morgan fingerprint density at radius 1 is 1.19 bits per heavy atom. The Hall–Kier alpha value is -1.84. The first-order valence-electron chi connectivity index (χ1n) is 7.65. The lowest BCUT2D eigenvalue weighted by Crippen LogP contribution is -2.38. The summed E-state index contributed by atoms with van der Waals surface area (Å²) in [6, 6.07) is 7.49. The van der Waals surface area contributed by atoms with E-state index >= 15 is 0 Å². The van der Waals surface area contributed by atoms with E-state index in [1.165, 1.54) is 0 Å². The Kier molecular flexibility index (Phi) is 7.51. The molecule has 0 aromatic heterocycles. The molecule has 1 aromatic carbocycles. The van der Waals surface area contributed by atoms with Gasteiger partial charge in [0.05, 0.1) is 0 Å². The number of nitrogens with one attached hydrogen (secondary N) is 1. The van der Waals surface area contributed by atoms with Crippen molar-refractivity contribution in [2.24, 2.45) is 0 Å². The van der Waals surface area contributed by atoms with Crippen molar-refractivity contribution in [3.63, 3.8) is 0 Å². The Balaban J connectivity index is 2.39. The highest BCUT2D eigenvalue weighted by Gasteiger charge is 2.09. The third kappa shape index (κ3) is 6.43. The molecule has 0 heterocycles. The van der Waals surface area contributed by atoms with Gasteiger partial charge in [-0.2, -0.15) is 0 Å². The van der Waals surface area contributed by atoms with Gasteiger partial charge in [0, 0.05) is 32.1 Å². The number of amides is 2. The molecule has 0 aliphatic rings. The van der Waals surface area contributed by atoms with Crippen LogP contribution >= 0.6 is 0 Å². The van der Waals surface area contributed by atoms with Crippen molar-refractivity contribution >= 4 is 11.8 Å². The minimum absolute atomic E-state index is 0.0657. The lowest BCUT2D eigenvalue weighted by Gasteiger charge is -2.21. The first kappa shape index (κ1) is 17.2. The van der Waals surface area contributed by atoms with Gasteiger partial charge in [0.1, 0.15) is 0 Å². The predicted molar refractivity (Wildman–Crippen MR) is 85.3 cm³/mol. The van der Waals surface area contributed by atoms with Crippen LogP contribution < -0.4 is 5.32 Å². The summed E-state index contributed by atoms with van der Waals surface area (Å²) < 4.78 is 0. The molecule has 116 valence electrons. The van der Waals surface area contributed by atoms with Gasteiger partial charge in [-0.1, -0.05) is 37.5 Å². The molecular formula is C17H26N2O2. The van der Waals surface area contributed by atoms with E-state index in [1.54, 1.807) is 17.9 Å². The molecular weight excluding hydrogens is 264 g/mol. The second kappa shape index (κ2) is 9.16. The standard InChI is InChI=1S/C17H26N2O2/c1-4-5-6-11-19(15(3)20)12-10-18-17(21)16-9-7-8-14(2)13-16/h7-9,13H,4-6,10-12H2,1-3H3,(H,18,21). The number of benzene rings is 1. The van der Waals surface area contributed by atoms with Crippen molar-refractivity contribution in [1.29, 1.82) is 0 Å². The first-order valence-corrected chi connectivity index (χ1v) is 7.65. The van der Waals surface area contributed by atoms with Crippen molar-refractivity contribution in [1.82, 2.24) is 10.2 Å². The number of rotatable bonds is 8. The monoisotopic (exact) mass is 290 g/mol. The number of hydrogen-bond acceptors (Lipinski definition) is 2. The van der Waals surface area contributed by atoms with E-state index < -0.39 is 0 Å². The van der Waals surface area contributed by atoms with E-state index in [0.717, 1.165) is 31.4 Å². The third-order valence-corrected chi connectivity index (χ3v) is 3.42. The van der Waals surface area contributed by atoms with Crippen LogP contribution in [0, 0.1) is 6.92 Å². The average Bonchev–Trinajstić information content (AvgIpc) is 2.45. The first-order chi connectivity index (χ1) is 10.0. The van der Waals surface area contributed by atoms with Crippen molar-refractivity contribution in [3.8, 4) is 0 Å². The van der Waals surface area contributed by atoms with Gasteiger partial charge in [0.15, 0.2) is 0 Å². The zero-order valence-electron chi connectivity index (χ0n) is 13.3. The van der Waals surface area contributed by atoms with E-state index in [0.29, 0.717) is 18.7 Å². The van der Waals surface area contributed by atoms with Crippen molar-refractivity contribution < 1.29 is 9.59 Å². The van der Waals surface area contributed by atoms with Gasteiger partial charge in [-0.25, -0.2) is 0 Å². The van der Waals surface area contributed by atoms with Gasteiger partial charge >= 0.3 is 0 Å². The summed E-state index contributed by atoms with van der Waals surface area (Å²) in [5.74, 6) is -0.0216. The van der Waals surface area contributed by atoms with Crippen LogP contribution in [0.25, 0.3) is 0 Å². The fourth-order valence-electron chi connectivity index (χ4n) is 2.17. The predicted octanol–water partition coefficient (Wildman–Crippen LogP) is 2.76. The summed E-state index contributed by atoms with van der Waals surface area (Å²) in [7, 11) is 0. The third-order valence-electron chi connectivity index (χ3n) is 3.42. The number of carbonyl (C=O) groups excluding carboxylic acids is 2. The number of aryl methyl sites for hydroxylation is 1. The van der Waals surface area contributed by atoms with Crippen LogP contribution in [0.15, 0.2) is 24.3 Å². The SMILES string of the molecule is CCCCCN(CCNC(=O)c1cccc(C)c1)C(C)=O. The Bertz CT molecular complexity index is 472. The Morgan fingerprint density at radius 3 is 2.57 bits per heavy atom. The van der Waals surface area contributed by atoms with Gasteiger partial charge in [0.2, 0.25) is 5.91 Å². The molecule has 1 N–H and O–H groups in total. The van der Waals surface area contributed by atoms with Crippen LogP contribution in [-0.2, 0) is 4.79 Å². The smallest absolute Gasteiger partial charge is 0.251 e. The molecule has 0 spiro atoms. The number of nitrogens with zero attached hydrogens (tertiary/aromatic N) is 1. The second-order valence-corrected chi connectivity index (χ2v) is 5.34. The van der Waals surface area contributed by atoms with Gasteiger partial charge in [-0.3, -0.25) is 9.59 Å². The average molecular weight is 290 g/mol. The molecule has 0 aliphatic carbocycles. The van der Waals surface area contributed by atoms with Crippen LogP contribution in [0.4, 0.5) is 0 Å². The van der Waals surface area contributed by atoms with Crippen LogP contribution in [0.1, 0.15) is 49.0 Å². The van der Waals surface area contributed by atoms with E-state index in [1.807, 2.05) is 25.1 Å². The summed E-state index contributed by atoms with van der Waals surface area (Å²) in [5, 5.41) is 2.87. The lowest BCUT2D eigenvalue weighted by molar-refractivity contribution is -0.128. The highest BCUT2D eigenvalue weighted by atomic mass is 16.2. The van der Waals surface area contributed by atoms with Crippen molar-refractivity contribution in [3.05, 3.63) is 35.4 Å². The largest absolute Gasteiger partial charge is 0.350 e. The Labute approximate surface area is 127 Å². The fraction of sp³-hybridized carbons (Fsp3) is 0.529. The molecule has 0 saturated carbocycles. The van der Waals surface area contributed by atoms with E-state index in [9.17, 15) is 9.59 Å². The molecule has 4 heteroatoms. The molecule has 4 nitrogen and oxygen atoms in total. The zero-order chi connectivity index (χ0) is 15.7. The number of hydrogen-bond donors (Lipinski definition) is 1. The van der Waals surface area contributed by atoms with Gasteiger partial charge in [-0.05, 0) is 25.5 Å². The molecule has 0 unspecified atom stereocenters. The molecule has 21 heavy (non-hydrogen) atoms. The van der Waals surface area contributed by atoms with Crippen LogP contribution in [0.2, 0.25) is 0 Å². The zero-order valence-corrected chi connectivity index (χ0v) is 13.3.